The summed E-state index contributed by atoms with van der Waals surface area (Å²) in [5.74, 6) is 0. The Kier molecular flexibility index (Phi) is 8.70. The van der Waals surface area contributed by atoms with E-state index < -0.39 is 0 Å². The second-order valence-corrected chi connectivity index (χ2v) is 6.03. The van der Waals surface area contributed by atoms with Gasteiger partial charge in [-0.1, -0.05) is 33.1 Å². The quantitative estimate of drug-likeness (QED) is 0.663. The summed E-state index contributed by atoms with van der Waals surface area (Å²) in [5, 5.41) is 3.85. The molecule has 1 rings (SSSR count). The molecule has 1 aliphatic rings. The van der Waals surface area contributed by atoms with Crippen molar-refractivity contribution in [1.82, 2.24) is 10.2 Å². The van der Waals surface area contributed by atoms with Crippen LogP contribution in [0.5, 0.6) is 0 Å². The zero-order valence-corrected chi connectivity index (χ0v) is 12.9. The van der Waals surface area contributed by atoms with Gasteiger partial charge in [0.2, 0.25) is 0 Å². The predicted octanol–water partition coefficient (Wildman–Crippen LogP) is 3.81. The second-order valence-electron chi connectivity index (χ2n) is 6.03. The van der Waals surface area contributed by atoms with Gasteiger partial charge in [-0.05, 0) is 58.7 Å². The SMILES string of the molecule is CCCCCC(C)NC1CCCN(CCC)CC1. The third-order valence-corrected chi connectivity index (χ3v) is 4.12. The molecule has 0 saturated carbocycles. The minimum absolute atomic E-state index is 0.708. The highest BCUT2D eigenvalue weighted by Gasteiger charge is 2.17. The van der Waals surface area contributed by atoms with Crippen LogP contribution < -0.4 is 5.32 Å². The molecule has 2 unspecified atom stereocenters. The average Bonchev–Trinajstić information content (AvgIpc) is 2.56. The van der Waals surface area contributed by atoms with Crippen molar-refractivity contribution in [1.29, 1.82) is 0 Å². The van der Waals surface area contributed by atoms with Crippen molar-refractivity contribution in [2.75, 3.05) is 19.6 Å². The van der Waals surface area contributed by atoms with Gasteiger partial charge in [0.1, 0.15) is 0 Å². The standard InChI is InChI=1S/C16H34N2/c1-4-6-7-9-15(3)17-16-10-8-13-18(12-5-2)14-11-16/h15-17H,4-14H2,1-3H3. The van der Waals surface area contributed by atoms with E-state index in [1.807, 2.05) is 0 Å². The fraction of sp³-hybridized carbons (Fsp3) is 1.00. The Morgan fingerprint density at radius 1 is 1.11 bits per heavy atom. The summed E-state index contributed by atoms with van der Waals surface area (Å²) in [5.41, 5.74) is 0. The van der Waals surface area contributed by atoms with Crippen LogP contribution in [0.4, 0.5) is 0 Å². The Morgan fingerprint density at radius 2 is 1.94 bits per heavy atom. The van der Waals surface area contributed by atoms with Crippen molar-refractivity contribution in [2.24, 2.45) is 0 Å². The molecular formula is C16H34N2. The summed E-state index contributed by atoms with van der Waals surface area (Å²) < 4.78 is 0. The molecule has 0 aromatic rings. The molecule has 18 heavy (non-hydrogen) atoms. The molecule has 1 N–H and O–H groups in total. The minimum Gasteiger partial charge on any atom is -0.311 e. The highest BCUT2D eigenvalue weighted by Crippen LogP contribution is 2.13. The highest BCUT2D eigenvalue weighted by atomic mass is 15.1. The van der Waals surface area contributed by atoms with Gasteiger partial charge in [0.05, 0.1) is 0 Å². The molecule has 1 heterocycles. The number of nitrogens with one attached hydrogen (secondary N) is 1. The number of rotatable bonds is 8. The lowest BCUT2D eigenvalue weighted by Crippen LogP contribution is -2.37. The fourth-order valence-electron chi connectivity index (χ4n) is 3.05. The van der Waals surface area contributed by atoms with Gasteiger partial charge in [-0.25, -0.2) is 0 Å². The van der Waals surface area contributed by atoms with Gasteiger partial charge < -0.3 is 10.2 Å². The summed E-state index contributed by atoms with van der Waals surface area (Å²) in [6, 6.07) is 1.47. The summed E-state index contributed by atoms with van der Waals surface area (Å²) in [7, 11) is 0. The van der Waals surface area contributed by atoms with Gasteiger partial charge in [0.25, 0.3) is 0 Å². The van der Waals surface area contributed by atoms with Crippen LogP contribution in [0.3, 0.4) is 0 Å². The number of likely N-dealkylation sites (tertiary alicyclic amines) is 1. The van der Waals surface area contributed by atoms with Crippen molar-refractivity contribution >= 4 is 0 Å². The number of hydrogen-bond donors (Lipinski definition) is 1. The summed E-state index contributed by atoms with van der Waals surface area (Å²) in [6.45, 7) is 10.8. The molecule has 0 radical (unpaired) electrons. The molecular weight excluding hydrogens is 220 g/mol. The molecule has 1 fully saturated rings. The van der Waals surface area contributed by atoms with Crippen LogP contribution in [-0.4, -0.2) is 36.6 Å². The first-order valence-corrected chi connectivity index (χ1v) is 8.24. The van der Waals surface area contributed by atoms with E-state index >= 15 is 0 Å². The number of hydrogen-bond acceptors (Lipinski definition) is 2. The highest BCUT2D eigenvalue weighted by molar-refractivity contribution is 4.77. The number of nitrogens with zero attached hydrogens (tertiary/aromatic N) is 1. The van der Waals surface area contributed by atoms with Crippen molar-refractivity contribution < 1.29 is 0 Å². The van der Waals surface area contributed by atoms with E-state index in [2.05, 4.69) is 31.0 Å². The molecule has 0 aromatic heterocycles. The molecule has 0 spiro atoms. The Balaban J connectivity index is 2.17. The third kappa shape index (κ3) is 6.75. The molecule has 2 atom stereocenters. The first-order chi connectivity index (χ1) is 8.76. The van der Waals surface area contributed by atoms with E-state index in [9.17, 15) is 0 Å². The molecule has 2 nitrogen and oxygen atoms in total. The van der Waals surface area contributed by atoms with E-state index in [0.717, 1.165) is 6.04 Å². The lowest BCUT2D eigenvalue weighted by atomic mass is 10.1. The van der Waals surface area contributed by atoms with Gasteiger partial charge in [-0.15, -0.1) is 0 Å². The zero-order chi connectivity index (χ0) is 13.2. The Morgan fingerprint density at radius 3 is 2.67 bits per heavy atom. The van der Waals surface area contributed by atoms with Crippen molar-refractivity contribution in [3.63, 3.8) is 0 Å². The topological polar surface area (TPSA) is 15.3 Å². The van der Waals surface area contributed by atoms with Crippen LogP contribution in [0.25, 0.3) is 0 Å². The van der Waals surface area contributed by atoms with Crippen molar-refractivity contribution in [3.8, 4) is 0 Å². The van der Waals surface area contributed by atoms with Gasteiger partial charge in [0.15, 0.2) is 0 Å². The maximum atomic E-state index is 3.85. The van der Waals surface area contributed by atoms with Crippen LogP contribution >= 0.6 is 0 Å². The van der Waals surface area contributed by atoms with Crippen LogP contribution in [0.1, 0.15) is 72.1 Å². The molecule has 1 aliphatic heterocycles. The van der Waals surface area contributed by atoms with Crippen LogP contribution in [0.2, 0.25) is 0 Å². The molecule has 108 valence electrons. The largest absolute Gasteiger partial charge is 0.311 e. The summed E-state index contributed by atoms with van der Waals surface area (Å²) in [4.78, 5) is 2.64. The zero-order valence-electron chi connectivity index (χ0n) is 12.9. The smallest absolute Gasteiger partial charge is 0.00821 e. The molecule has 0 aliphatic carbocycles. The Hall–Kier alpha value is -0.0800. The van der Waals surface area contributed by atoms with Crippen LogP contribution in [0.15, 0.2) is 0 Å². The lowest BCUT2D eigenvalue weighted by Gasteiger charge is -2.22. The molecule has 2 heteroatoms. The molecule has 0 amide bonds. The monoisotopic (exact) mass is 254 g/mol. The first-order valence-electron chi connectivity index (χ1n) is 8.24. The Labute approximate surface area is 115 Å². The lowest BCUT2D eigenvalue weighted by molar-refractivity contribution is 0.281. The van der Waals surface area contributed by atoms with E-state index in [1.54, 1.807) is 0 Å². The Bertz CT molecular complexity index is 194. The van der Waals surface area contributed by atoms with Crippen molar-refractivity contribution in [3.05, 3.63) is 0 Å². The maximum Gasteiger partial charge on any atom is 0.00821 e. The summed E-state index contributed by atoms with van der Waals surface area (Å²) in [6.07, 6.45) is 10.9. The molecule has 0 aromatic carbocycles. The predicted molar refractivity (Wildman–Crippen MR) is 81.1 cm³/mol. The van der Waals surface area contributed by atoms with Gasteiger partial charge in [-0.2, -0.15) is 0 Å². The second kappa shape index (κ2) is 9.80. The van der Waals surface area contributed by atoms with E-state index in [-0.39, 0.29) is 0 Å². The van der Waals surface area contributed by atoms with Gasteiger partial charge >= 0.3 is 0 Å². The van der Waals surface area contributed by atoms with Crippen LogP contribution in [0, 0.1) is 0 Å². The van der Waals surface area contributed by atoms with Gasteiger partial charge in [-0.3, -0.25) is 0 Å². The van der Waals surface area contributed by atoms with Crippen LogP contribution in [-0.2, 0) is 0 Å². The first kappa shape index (κ1) is 16.0. The summed E-state index contributed by atoms with van der Waals surface area (Å²) >= 11 is 0. The molecule has 1 saturated heterocycles. The maximum absolute atomic E-state index is 3.85. The van der Waals surface area contributed by atoms with E-state index in [1.165, 1.54) is 71.0 Å². The third-order valence-electron chi connectivity index (χ3n) is 4.12. The van der Waals surface area contributed by atoms with Crippen molar-refractivity contribution in [2.45, 2.75) is 84.2 Å². The minimum atomic E-state index is 0.708. The van der Waals surface area contributed by atoms with E-state index in [4.69, 9.17) is 0 Å². The molecule has 0 bridgehead atoms. The van der Waals surface area contributed by atoms with E-state index in [0.29, 0.717) is 6.04 Å². The van der Waals surface area contributed by atoms with Gasteiger partial charge in [0, 0.05) is 12.1 Å². The normalized spacial score (nSPS) is 23.8. The average molecular weight is 254 g/mol. The number of unbranched alkanes of at least 4 members (excludes halogenated alkanes) is 2. The fourth-order valence-corrected chi connectivity index (χ4v) is 3.05.